The van der Waals surface area contributed by atoms with Gasteiger partial charge in [0.1, 0.15) is 0 Å². The van der Waals surface area contributed by atoms with Crippen molar-refractivity contribution in [1.29, 1.82) is 0 Å². The van der Waals surface area contributed by atoms with E-state index in [4.69, 9.17) is 4.52 Å². The first kappa shape index (κ1) is 21.5. The Labute approximate surface area is 166 Å². The molecular weight excluding hydrogens is 431 g/mol. The van der Waals surface area contributed by atoms with Crippen molar-refractivity contribution in [3.05, 3.63) is 35.5 Å². The first-order valence-corrected chi connectivity index (χ1v) is 8.61. The zero-order valence-electron chi connectivity index (χ0n) is 15.5. The highest BCUT2D eigenvalue weighted by Gasteiger charge is 2.13. The fourth-order valence-corrected chi connectivity index (χ4v) is 2.55. The summed E-state index contributed by atoms with van der Waals surface area (Å²) in [7, 11) is 1.90. The highest BCUT2D eigenvalue weighted by Crippen LogP contribution is 2.22. The number of aliphatic imine (C=N–C) groups is 1. The lowest BCUT2D eigenvalue weighted by atomic mass is 9.99. The van der Waals surface area contributed by atoms with Gasteiger partial charge >= 0.3 is 0 Å². The molecule has 7 nitrogen and oxygen atoms in total. The number of halogens is 1. The first-order chi connectivity index (χ1) is 11.7. The third-order valence-corrected chi connectivity index (χ3v) is 3.93. The molecule has 2 N–H and O–H groups in total. The summed E-state index contributed by atoms with van der Waals surface area (Å²) in [6.45, 7) is 8.34. The molecule has 140 valence electrons. The van der Waals surface area contributed by atoms with Crippen LogP contribution in [0.4, 0.5) is 0 Å². The molecule has 0 unspecified atom stereocenters. The van der Waals surface area contributed by atoms with E-state index in [0.29, 0.717) is 19.0 Å². The van der Waals surface area contributed by atoms with Gasteiger partial charge in [-0.25, -0.2) is 4.99 Å². The summed E-state index contributed by atoms with van der Waals surface area (Å²) >= 11 is 0. The Balaban J connectivity index is 0.00000312. The average molecular weight is 460 g/mol. The summed E-state index contributed by atoms with van der Waals surface area (Å²) in [5, 5.41) is 14.9. The highest BCUT2D eigenvalue weighted by molar-refractivity contribution is 14.0. The van der Waals surface area contributed by atoms with Gasteiger partial charge in [0.2, 0.25) is 0 Å². The van der Waals surface area contributed by atoms with Crippen molar-refractivity contribution in [2.24, 2.45) is 12.0 Å². The summed E-state index contributed by atoms with van der Waals surface area (Å²) in [4.78, 5) is 4.57. The van der Waals surface area contributed by atoms with Crippen LogP contribution >= 0.6 is 24.0 Å². The number of nitrogens with zero attached hydrogens (tertiary/aromatic N) is 4. The van der Waals surface area contributed by atoms with Crippen molar-refractivity contribution in [2.75, 3.05) is 6.54 Å². The van der Waals surface area contributed by atoms with Gasteiger partial charge in [-0.1, -0.05) is 19.0 Å². The van der Waals surface area contributed by atoms with E-state index >= 15 is 0 Å². The van der Waals surface area contributed by atoms with Gasteiger partial charge < -0.3 is 15.2 Å². The maximum atomic E-state index is 5.44. The van der Waals surface area contributed by atoms with Crippen LogP contribution in [0.2, 0.25) is 0 Å². The van der Waals surface area contributed by atoms with Crippen molar-refractivity contribution in [3.63, 3.8) is 0 Å². The summed E-state index contributed by atoms with van der Waals surface area (Å²) in [6, 6.07) is 2.04. The molecule has 0 fully saturated rings. The van der Waals surface area contributed by atoms with Crippen molar-refractivity contribution in [2.45, 2.75) is 52.6 Å². The molecular formula is C17H29IN6O. The lowest BCUT2D eigenvalue weighted by Crippen LogP contribution is -2.36. The zero-order chi connectivity index (χ0) is 17.4. The molecule has 0 aliphatic carbocycles. The molecule has 0 spiro atoms. The van der Waals surface area contributed by atoms with Crippen molar-refractivity contribution in [3.8, 4) is 0 Å². The van der Waals surface area contributed by atoms with E-state index in [-0.39, 0.29) is 24.0 Å². The number of aryl methyl sites for hydroxylation is 1. The number of guanidine groups is 1. The molecule has 0 atom stereocenters. The number of hydrogen-bond acceptors (Lipinski definition) is 4. The second-order valence-electron chi connectivity index (χ2n) is 5.80. The maximum absolute atomic E-state index is 5.44. The third kappa shape index (κ3) is 6.68. The lowest BCUT2D eigenvalue weighted by Gasteiger charge is -2.09. The van der Waals surface area contributed by atoms with Gasteiger partial charge in [0, 0.05) is 37.3 Å². The van der Waals surface area contributed by atoms with Crippen LogP contribution in [0.15, 0.2) is 28.0 Å². The molecule has 25 heavy (non-hydrogen) atoms. The molecule has 2 heterocycles. The molecule has 0 amide bonds. The van der Waals surface area contributed by atoms with E-state index in [1.807, 2.05) is 32.4 Å². The summed E-state index contributed by atoms with van der Waals surface area (Å²) < 4.78 is 7.21. The molecule has 0 saturated carbocycles. The maximum Gasteiger partial charge on any atom is 0.191 e. The Kier molecular flexibility index (Phi) is 9.54. The Morgan fingerprint density at radius 3 is 2.64 bits per heavy atom. The fraction of sp³-hybridized carbons (Fsp3) is 0.588. The van der Waals surface area contributed by atoms with Gasteiger partial charge in [0.15, 0.2) is 11.7 Å². The van der Waals surface area contributed by atoms with Crippen molar-refractivity contribution in [1.82, 2.24) is 25.6 Å². The second-order valence-corrected chi connectivity index (χ2v) is 5.80. The Morgan fingerprint density at radius 1 is 1.28 bits per heavy atom. The fourth-order valence-electron chi connectivity index (χ4n) is 2.55. The second kappa shape index (κ2) is 11.1. The largest absolute Gasteiger partial charge is 0.359 e. The van der Waals surface area contributed by atoms with Gasteiger partial charge in [0.05, 0.1) is 25.0 Å². The molecule has 0 radical (unpaired) electrons. The topological polar surface area (TPSA) is 80.3 Å². The van der Waals surface area contributed by atoms with Crippen LogP contribution in [0.1, 0.15) is 56.5 Å². The molecule has 0 bridgehead atoms. The summed E-state index contributed by atoms with van der Waals surface area (Å²) in [6.07, 6.45) is 5.94. The molecule has 2 aromatic rings. The SMILES string of the molecule is CCNC(=NCc1cnn(C)c1)NCc1cc(C(CC)CC)no1.I. The number of aromatic nitrogens is 3. The van der Waals surface area contributed by atoms with Crippen molar-refractivity contribution >= 4 is 29.9 Å². The predicted octanol–water partition coefficient (Wildman–Crippen LogP) is 3.19. The van der Waals surface area contributed by atoms with E-state index < -0.39 is 0 Å². The molecule has 8 heteroatoms. The van der Waals surface area contributed by atoms with Crippen LogP contribution in [0.3, 0.4) is 0 Å². The van der Waals surface area contributed by atoms with E-state index in [9.17, 15) is 0 Å². The van der Waals surface area contributed by atoms with Crippen LogP contribution in [0, 0.1) is 0 Å². The minimum Gasteiger partial charge on any atom is -0.359 e. The normalized spacial score (nSPS) is 11.5. The Hall–Kier alpha value is -1.58. The zero-order valence-corrected chi connectivity index (χ0v) is 17.8. The molecule has 2 aromatic heterocycles. The molecule has 2 rings (SSSR count). The van der Waals surface area contributed by atoms with Crippen LogP contribution in [-0.2, 0) is 20.1 Å². The standard InChI is InChI=1S/C17H28N6O.HI/c1-5-14(6-2)16-8-15(24-22-16)11-20-17(18-7-3)19-9-13-10-21-23(4)12-13;/h8,10,12,14H,5-7,9,11H2,1-4H3,(H2,18,19,20);1H. The van der Waals surface area contributed by atoms with E-state index in [1.165, 1.54) is 0 Å². The molecule has 0 aromatic carbocycles. The Bertz CT molecular complexity index is 647. The van der Waals surface area contributed by atoms with Gasteiger partial charge in [-0.05, 0) is 19.8 Å². The first-order valence-electron chi connectivity index (χ1n) is 8.61. The van der Waals surface area contributed by atoms with E-state index in [0.717, 1.165) is 42.4 Å². The van der Waals surface area contributed by atoms with Gasteiger partial charge in [-0.15, -0.1) is 24.0 Å². The van der Waals surface area contributed by atoms with Crippen molar-refractivity contribution < 1.29 is 4.52 Å². The Morgan fingerprint density at radius 2 is 2.04 bits per heavy atom. The van der Waals surface area contributed by atoms with Crippen LogP contribution in [0.25, 0.3) is 0 Å². The monoisotopic (exact) mass is 460 g/mol. The lowest BCUT2D eigenvalue weighted by molar-refractivity contribution is 0.368. The molecule has 0 aliphatic heterocycles. The highest BCUT2D eigenvalue weighted by atomic mass is 127. The average Bonchev–Trinajstić information content (AvgIpc) is 3.21. The van der Waals surface area contributed by atoms with Gasteiger partial charge in [0.25, 0.3) is 0 Å². The van der Waals surface area contributed by atoms with Crippen LogP contribution < -0.4 is 10.6 Å². The molecule has 0 aliphatic rings. The summed E-state index contributed by atoms with van der Waals surface area (Å²) in [5.41, 5.74) is 2.11. The van der Waals surface area contributed by atoms with Crippen LogP contribution in [-0.4, -0.2) is 27.4 Å². The minimum absolute atomic E-state index is 0. The number of nitrogens with one attached hydrogen (secondary N) is 2. The van der Waals surface area contributed by atoms with Gasteiger partial charge in [-0.3, -0.25) is 4.68 Å². The minimum atomic E-state index is 0. The summed E-state index contributed by atoms with van der Waals surface area (Å²) in [5.74, 6) is 2.04. The molecule has 0 saturated heterocycles. The van der Waals surface area contributed by atoms with E-state index in [2.05, 4.69) is 39.7 Å². The third-order valence-electron chi connectivity index (χ3n) is 3.93. The van der Waals surface area contributed by atoms with Crippen LogP contribution in [0.5, 0.6) is 0 Å². The smallest absolute Gasteiger partial charge is 0.191 e. The quantitative estimate of drug-likeness (QED) is 0.360. The predicted molar refractivity (Wildman–Crippen MR) is 110 cm³/mol. The number of rotatable bonds is 8. The van der Waals surface area contributed by atoms with Gasteiger partial charge in [-0.2, -0.15) is 5.10 Å². The van der Waals surface area contributed by atoms with E-state index in [1.54, 1.807) is 4.68 Å². The number of hydrogen-bond donors (Lipinski definition) is 2.